The third kappa shape index (κ3) is 8.75. The van der Waals surface area contributed by atoms with Crippen LogP contribution in [0.1, 0.15) is 33.6 Å². The Kier molecular flexibility index (Phi) is 11.1. The first-order valence-corrected chi connectivity index (χ1v) is 16.9. The molecule has 2 atom stereocenters. The number of nitriles is 2. The fourth-order valence-electron chi connectivity index (χ4n) is 5.26. The molecule has 16 heteroatoms. The molecule has 2 aromatic heterocycles. The van der Waals surface area contributed by atoms with E-state index < -0.39 is 5.91 Å². The highest BCUT2D eigenvalue weighted by Gasteiger charge is 2.29. The van der Waals surface area contributed by atoms with E-state index in [1.54, 1.807) is 59.6 Å². The van der Waals surface area contributed by atoms with Crippen molar-refractivity contribution in [2.75, 3.05) is 43.9 Å². The minimum Gasteiger partial charge on any atom is -0.366 e. The van der Waals surface area contributed by atoms with Crippen molar-refractivity contribution in [2.45, 2.75) is 12.8 Å². The summed E-state index contributed by atoms with van der Waals surface area (Å²) in [5, 5.41) is 26.9. The third-order valence-corrected chi connectivity index (χ3v) is 9.86. The quantitative estimate of drug-likeness (QED) is 0.197. The van der Waals surface area contributed by atoms with Gasteiger partial charge in [0.2, 0.25) is 17.7 Å². The number of carbonyl (C=O) groups is 4. The van der Waals surface area contributed by atoms with E-state index >= 15 is 0 Å². The number of amides is 4. The van der Waals surface area contributed by atoms with Crippen LogP contribution in [0.2, 0.25) is 0 Å². The molecule has 49 heavy (non-hydrogen) atoms. The molecule has 4 amide bonds. The Morgan fingerprint density at radius 1 is 0.796 bits per heavy atom. The van der Waals surface area contributed by atoms with Crippen LogP contribution in [0.3, 0.4) is 0 Å². The Morgan fingerprint density at radius 2 is 1.27 bits per heavy atom. The third-order valence-electron chi connectivity index (χ3n) is 7.94. The van der Waals surface area contributed by atoms with Crippen LogP contribution in [-0.2, 0) is 9.59 Å². The largest absolute Gasteiger partial charge is 0.366 e. The van der Waals surface area contributed by atoms with Crippen LogP contribution in [0.25, 0.3) is 20.9 Å². The van der Waals surface area contributed by atoms with Gasteiger partial charge >= 0.3 is 0 Å². The predicted octanol–water partition coefficient (Wildman–Crippen LogP) is 3.56. The zero-order valence-electron chi connectivity index (χ0n) is 26.4. The van der Waals surface area contributed by atoms with Crippen molar-refractivity contribution in [1.29, 1.82) is 10.5 Å². The number of aromatic nitrogens is 2. The lowest BCUT2D eigenvalue weighted by Crippen LogP contribution is -2.25. The smallest absolute Gasteiger partial charge is 0.251 e. The second-order valence-electron chi connectivity index (χ2n) is 11.2. The van der Waals surface area contributed by atoms with Gasteiger partial charge in [-0.25, -0.2) is 9.97 Å². The molecule has 6 rings (SSSR count). The van der Waals surface area contributed by atoms with Gasteiger partial charge in [-0.2, -0.15) is 10.5 Å². The summed E-state index contributed by atoms with van der Waals surface area (Å²) in [6, 6.07) is 14.2. The van der Waals surface area contributed by atoms with E-state index in [0.29, 0.717) is 60.4 Å². The van der Waals surface area contributed by atoms with Crippen molar-refractivity contribution in [1.82, 2.24) is 25.1 Å². The highest BCUT2D eigenvalue weighted by atomic mass is 32.1. The molecular weight excluding hydrogens is 665 g/mol. The zero-order chi connectivity index (χ0) is 34.9. The Bertz CT molecular complexity index is 1940. The SMILES string of the molecule is CNC(=O)c1cccc(-c2cnc(NC(=O)[C@H]3CCN(C#N)C3)s2)c1.N#CN1CC[C@H](C(=O)Nc2ncc(-c3cccc(C(N)=O)c3)s2)C1. The Balaban J connectivity index is 0.000000191. The van der Waals surface area contributed by atoms with Gasteiger partial charge in [-0.15, -0.1) is 0 Å². The highest BCUT2D eigenvalue weighted by Crippen LogP contribution is 2.31. The summed E-state index contributed by atoms with van der Waals surface area (Å²) in [6.45, 7) is 2.12. The van der Waals surface area contributed by atoms with Gasteiger partial charge in [-0.1, -0.05) is 46.9 Å². The van der Waals surface area contributed by atoms with Crippen molar-refractivity contribution in [3.63, 3.8) is 0 Å². The van der Waals surface area contributed by atoms with E-state index in [1.165, 1.54) is 22.7 Å². The van der Waals surface area contributed by atoms with Gasteiger partial charge in [0.25, 0.3) is 5.91 Å². The first-order chi connectivity index (χ1) is 23.7. The Morgan fingerprint density at radius 3 is 1.69 bits per heavy atom. The predicted molar refractivity (Wildman–Crippen MR) is 185 cm³/mol. The molecule has 14 nitrogen and oxygen atoms in total. The average Bonchev–Trinajstić information content (AvgIpc) is 3.96. The Labute approximate surface area is 290 Å². The molecule has 0 bridgehead atoms. The number of hydrogen-bond acceptors (Lipinski definition) is 12. The molecular formula is C33H32N10O4S2. The number of rotatable bonds is 8. The van der Waals surface area contributed by atoms with Gasteiger partial charge in [0.05, 0.1) is 21.6 Å². The monoisotopic (exact) mass is 696 g/mol. The summed E-state index contributed by atoms with van der Waals surface area (Å²) >= 11 is 2.68. The molecule has 2 fully saturated rings. The second kappa shape index (κ2) is 15.8. The van der Waals surface area contributed by atoms with Crippen molar-refractivity contribution < 1.29 is 19.2 Å². The summed E-state index contributed by atoms with van der Waals surface area (Å²) in [6.07, 6.45) is 8.79. The number of nitrogens with zero attached hydrogens (tertiary/aromatic N) is 6. The first-order valence-electron chi connectivity index (χ1n) is 15.2. The standard InChI is InChI=1S/C17H17N5O2S.C16H15N5O2S/c1-19-15(23)12-4-2-3-11(7-12)14-8-20-17(25-14)21-16(24)13-5-6-22(9-13)10-18;17-9-21-5-4-12(8-21)15(23)20-16-19-7-13(24-16)10-2-1-3-11(6-10)14(18)22/h2-4,7-8,13H,5-6,9H2,1H3,(H,19,23)(H,20,21,24);1-3,6-7,12H,4-5,8H2,(H2,18,22)(H,19,20,23)/t13-;12-/m00/s1. The maximum Gasteiger partial charge on any atom is 0.251 e. The summed E-state index contributed by atoms with van der Waals surface area (Å²) in [5.41, 5.74) is 7.98. The maximum atomic E-state index is 12.3. The van der Waals surface area contributed by atoms with Crippen molar-refractivity contribution in [3.05, 3.63) is 72.1 Å². The summed E-state index contributed by atoms with van der Waals surface area (Å²) in [4.78, 5) is 60.8. The number of carbonyl (C=O) groups excluding carboxylic acids is 4. The molecule has 2 aromatic carbocycles. The van der Waals surface area contributed by atoms with E-state index in [0.717, 1.165) is 20.9 Å². The molecule has 250 valence electrons. The molecule has 2 saturated heterocycles. The molecule has 0 unspecified atom stereocenters. The topological polar surface area (TPSA) is 210 Å². The number of likely N-dealkylation sites (tertiary alicyclic amines) is 2. The zero-order valence-corrected chi connectivity index (χ0v) is 28.0. The fraction of sp³-hybridized carbons (Fsp3) is 0.273. The van der Waals surface area contributed by atoms with Crippen LogP contribution in [-0.4, -0.2) is 76.6 Å². The fourth-order valence-corrected chi connectivity index (χ4v) is 6.89. The lowest BCUT2D eigenvalue weighted by molar-refractivity contribution is -0.120. The first kappa shape index (κ1) is 34.5. The van der Waals surface area contributed by atoms with Gasteiger partial charge in [-0.05, 0) is 48.2 Å². The molecule has 4 heterocycles. The number of benzene rings is 2. The average molecular weight is 697 g/mol. The van der Waals surface area contributed by atoms with Gasteiger partial charge in [-0.3, -0.25) is 19.2 Å². The van der Waals surface area contributed by atoms with Crippen molar-refractivity contribution in [2.24, 2.45) is 17.6 Å². The van der Waals surface area contributed by atoms with Crippen molar-refractivity contribution in [3.8, 4) is 33.3 Å². The van der Waals surface area contributed by atoms with Gasteiger partial charge in [0.15, 0.2) is 22.6 Å². The maximum absolute atomic E-state index is 12.3. The number of anilines is 2. The van der Waals surface area contributed by atoms with Gasteiger partial charge < -0.3 is 31.5 Å². The van der Waals surface area contributed by atoms with Crippen LogP contribution in [0.15, 0.2) is 60.9 Å². The van der Waals surface area contributed by atoms with Crippen LogP contribution in [0.5, 0.6) is 0 Å². The van der Waals surface area contributed by atoms with Crippen LogP contribution < -0.4 is 21.7 Å². The number of hydrogen-bond donors (Lipinski definition) is 4. The van der Waals surface area contributed by atoms with E-state index in [1.807, 2.05) is 18.2 Å². The normalized spacial score (nSPS) is 16.5. The lowest BCUT2D eigenvalue weighted by atomic mass is 10.1. The molecule has 2 aliphatic heterocycles. The number of nitrogens with one attached hydrogen (secondary N) is 3. The summed E-state index contributed by atoms with van der Waals surface area (Å²) < 4.78 is 0. The Hall–Kier alpha value is -5.84. The number of thiazole rings is 2. The molecule has 4 aromatic rings. The molecule has 0 spiro atoms. The molecule has 0 aliphatic carbocycles. The van der Waals surface area contributed by atoms with Crippen molar-refractivity contribution >= 4 is 56.6 Å². The van der Waals surface area contributed by atoms with Crippen LogP contribution in [0.4, 0.5) is 10.3 Å². The molecule has 0 radical (unpaired) electrons. The van der Waals surface area contributed by atoms with Gasteiger partial charge in [0.1, 0.15) is 0 Å². The van der Waals surface area contributed by atoms with E-state index in [2.05, 4.69) is 38.3 Å². The second-order valence-corrected chi connectivity index (χ2v) is 13.3. The van der Waals surface area contributed by atoms with Crippen LogP contribution in [0, 0.1) is 34.7 Å². The van der Waals surface area contributed by atoms with E-state index in [-0.39, 0.29) is 29.6 Å². The van der Waals surface area contributed by atoms with E-state index in [4.69, 9.17) is 16.3 Å². The molecule has 5 N–H and O–H groups in total. The van der Waals surface area contributed by atoms with Gasteiger partial charge in [0, 0.05) is 56.7 Å². The van der Waals surface area contributed by atoms with Crippen LogP contribution >= 0.6 is 22.7 Å². The highest BCUT2D eigenvalue weighted by molar-refractivity contribution is 7.19. The minimum absolute atomic E-state index is 0.113. The number of nitrogens with two attached hydrogens (primary N) is 1. The molecule has 2 aliphatic rings. The molecule has 0 saturated carbocycles. The summed E-state index contributed by atoms with van der Waals surface area (Å²) in [7, 11) is 1.59. The van der Waals surface area contributed by atoms with E-state index in [9.17, 15) is 19.2 Å². The summed E-state index contributed by atoms with van der Waals surface area (Å²) in [5.74, 6) is -1.27. The minimum atomic E-state index is -0.488. The number of primary amides is 1. The lowest BCUT2D eigenvalue weighted by Gasteiger charge is -2.08.